The summed E-state index contributed by atoms with van der Waals surface area (Å²) in [7, 11) is -4.21. The predicted octanol–water partition coefficient (Wildman–Crippen LogP) is 5.69. The van der Waals surface area contributed by atoms with Crippen LogP contribution in [0.15, 0.2) is 77.7 Å². The average Bonchev–Trinajstić information content (AvgIpc) is 2.90. The van der Waals surface area contributed by atoms with Crippen LogP contribution in [0.1, 0.15) is 31.9 Å². The first-order valence-corrected chi connectivity index (χ1v) is 14.8. The minimum atomic E-state index is -4.21. The van der Waals surface area contributed by atoms with E-state index in [1.807, 2.05) is 45.0 Å². The number of halogens is 2. The van der Waals surface area contributed by atoms with Gasteiger partial charge in [-0.25, -0.2) is 8.42 Å². The SMILES string of the molecule is Cc1ccccc1CN(C(=O)CN(c1ccc(Cl)cc1Cl)S(=O)(=O)c1ccccc1)C(C)C(=O)NCC(C)C. The number of rotatable bonds is 11. The Kier molecular flexibility index (Phi) is 10.4. The van der Waals surface area contributed by atoms with Gasteiger partial charge in [-0.1, -0.05) is 79.5 Å². The molecule has 0 fully saturated rings. The molecule has 208 valence electrons. The lowest BCUT2D eigenvalue weighted by atomic mass is 10.1. The molecule has 1 unspecified atom stereocenters. The average molecular weight is 591 g/mol. The van der Waals surface area contributed by atoms with E-state index < -0.39 is 28.5 Å². The van der Waals surface area contributed by atoms with E-state index in [9.17, 15) is 18.0 Å². The molecule has 2 amide bonds. The maximum Gasteiger partial charge on any atom is 0.264 e. The summed E-state index contributed by atoms with van der Waals surface area (Å²) >= 11 is 12.5. The monoisotopic (exact) mass is 589 g/mol. The molecule has 0 bridgehead atoms. The van der Waals surface area contributed by atoms with Crippen LogP contribution in [0.2, 0.25) is 10.0 Å². The summed E-state index contributed by atoms with van der Waals surface area (Å²) in [5, 5.41) is 3.27. The second kappa shape index (κ2) is 13.3. The first-order valence-electron chi connectivity index (χ1n) is 12.6. The summed E-state index contributed by atoms with van der Waals surface area (Å²) in [4.78, 5) is 28.4. The summed E-state index contributed by atoms with van der Waals surface area (Å²) < 4.78 is 28.6. The van der Waals surface area contributed by atoms with E-state index in [0.717, 1.165) is 15.4 Å². The molecule has 0 aliphatic heterocycles. The zero-order valence-electron chi connectivity index (χ0n) is 22.4. The molecular weight excluding hydrogens is 557 g/mol. The third kappa shape index (κ3) is 7.75. The minimum Gasteiger partial charge on any atom is -0.354 e. The van der Waals surface area contributed by atoms with E-state index in [1.54, 1.807) is 25.1 Å². The van der Waals surface area contributed by atoms with Crippen LogP contribution in [0.25, 0.3) is 0 Å². The summed E-state index contributed by atoms with van der Waals surface area (Å²) in [5.41, 5.74) is 1.89. The molecule has 3 aromatic carbocycles. The number of nitrogens with one attached hydrogen (secondary N) is 1. The zero-order chi connectivity index (χ0) is 28.7. The summed E-state index contributed by atoms with van der Waals surface area (Å²) in [5.74, 6) is -0.663. The molecule has 7 nitrogen and oxygen atoms in total. The third-order valence-corrected chi connectivity index (χ3v) is 8.55. The van der Waals surface area contributed by atoms with Gasteiger partial charge in [-0.15, -0.1) is 0 Å². The molecular formula is C29H33Cl2N3O4S. The summed E-state index contributed by atoms with van der Waals surface area (Å²) in [6.45, 7) is 7.50. The van der Waals surface area contributed by atoms with Crippen LogP contribution < -0.4 is 9.62 Å². The van der Waals surface area contributed by atoms with Gasteiger partial charge < -0.3 is 10.2 Å². The highest BCUT2D eigenvalue weighted by Gasteiger charge is 2.33. The maximum atomic E-state index is 14.0. The molecule has 0 aliphatic rings. The smallest absolute Gasteiger partial charge is 0.264 e. The number of nitrogens with zero attached hydrogens (tertiary/aromatic N) is 2. The highest BCUT2D eigenvalue weighted by Crippen LogP contribution is 2.33. The van der Waals surface area contributed by atoms with Crippen molar-refractivity contribution in [2.45, 2.75) is 45.2 Å². The number of sulfonamides is 1. The van der Waals surface area contributed by atoms with E-state index in [1.165, 1.54) is 35.2 Å². The first-order chi connectivity index (χ1) is 18.4. The number of hydrogen-bond acceptors (Lipinski definition) is 4. The van der Waals surface area contributed by atoms with Gasteiger partial charge in [0.15, 0.2) is 0 Å². The Morgan fingerprint density at radius 3 is 2.18 bits per heavy atom. The van der Waals surface area contributed by atoms with Crippen molar-refractivity contribution in [2.75, 3.05) is 17.4 Å². The van der Waals surface area contributed by atoms with Gasteiger partial charge in [-0.2, -0.15) is 0 Å². The van der Waals surface area contributed by atoms with E-state index in [2.05, 4.69) is 5.32 Å². The molecule has 39 heavy (non-hydrogen) atoms. The van der Waals surface area contributed by atoms with Crippen LogP contribution in [0.5, 0.6) is 0 Å². The summed E-state index contributed by atoms with van der Waals surface area (Å²) in [6.07, 6.45) is 0. The fraction of sp³-hybridized carbons (Fsp3) is 0.310. The molecule has 0 saturated carbocycles. The number of amides is 2. The Balaban J connectivity index is 2.04. The van der Waals surface area contributed by atoms with Gasteiger partial charge in [0.1, 0.15) is 12.6 Å². The van der Waals surface area contributed by atoms with E-state index in [0.29, 0.717) is 11.6 Å². The molecule has 0 heterocycles. The molecule has 3 aromatic rings. The lowest BCUT2D eigenvalue weighted by Crippen LogP contribution is -2.51. The highest BCUT2D eigenvalue weighted by atomic mass is 35.5. The van der Waals surface area contributed by atoms with Crippen molar-refractivity contribution < 1.29 is 18.0 Å². The van der Waals surface area contributed by atoms with Gasteiger partial charge in [0.2, 0.25) is 11.8 Å². The Labute approximate surface area is 240 Å². The fourth-order valence-corrected chi connectivity index (χ4v) is 5.94. The minimum absolute atomic E-state index is 0.00278. The van der Waals surface area contributed by atoms with E-state index in [-0.39, 0.29) is 34.0 Å². The van der Waals surface area contributed by atoms with Crippen LogP contribution in [0.3, 0.4) is 0 Å². The second-order valence-electron chi connectivity index (χ2n) is 9.68. The quantitative estimate of drug-likeness (QED) is 0.311. The lowest BCUT2D eigenvalue weighted by Gasteiger charge is -2.32. The Morgan fingerprint density at radius 1 is 0.923 bits per heavy atom. The van der Waals surface area contributed by atoms with Crippen molar-refractivity contribution in [1.29, 1.82) is 0 Å². The third-order valence-electron chi connectivity index (χ3n) is 6.24. The van der Waals surface area contributed by atoms with Crippen molar-refractivity contribution in [1.82, 2.24) is 10.2 Å². The normalized spacial score (nSPS) is 12.2. The van der Waals surface area contributed by atoms with E-state index in [4.69, 9.17) is 23.2 Å². The second-order valence-corrected chi connectivity index (χ2v) is 12.4. The standard InChI is InChI=1S/C29H33Cl2N3O4S/c1-20(2)17-32-29(36)22(4)33(18-23-11-9-8-10-21(23)3)28(35)19-34(27-15-14-24(30)16-26(27)31)39(37,38)25-12-6-5-7-13-25/h5-16,20,22H,17-19H2,1-4H3,(H,32,36). The van der Waals surface area contributed by atoms with Crippen LogP contribution in [-0.4, -0.2) is 44.3 Å². The number of aryl methyl sites for hydroxylation is 1. The van der Waals surface area contributed by atoms with Gasteiger partial charge in [0.05, 0.1) is 15.6 Å². The number of hydrogen-bond donors (Lipinski definition) is 1. The molecule has 1 atom stereocenters. The summed E-state index contributed by atoms with van der Waals surface area (Å²) in [6, 6.07) is 18.9. The zero-order valence-corrected chi connectivity index (χ0v) is 24.7. The molecule has 1 N–H and O–H groups in total. The Bertz CT molecular complexity index is 1420. The van der Waals surface area contributed by atoms with Crippen molar-refractivity contribution in [3.05, 3.63) is 94.0 Å². The number of carbonyl (C=O) groups is 2. The van der Waals surface area contributed by atoms with Crippen LogP contribution in [-0.2, 0) is 26.2 Å². The number of carbonyl (C=O) groups excluding carboxylic acids is 2. The molecule has 0 radical (unpaired) electrons. The molecule has 0 aliphatic carbocycles. The number of benzene rings is 3. The Morgan fingerprint density at radius 2 is 1.56 bits per heavy atom. The van der Waals surface area contributed by atoms with Crippen LogP contribution in [0.4, 0.5) is 5.69 Å². The highest BCUT2D eigenvalue weighted by molar-refractivity contribution is 7.92. The molecule has 0 saturated heterocycles. The maximum absolute atomic E-state index is 14.0. The fourth-order valence-electron chi connectivity index (χ4n) is 3.92. The predicted molar refractivity (Wildman–Crippen MR) is 156 cm³/mol. The van der Waals surface area contributed by atoms with Crippen molar-refractivity contribution in [2.24, 2.45) is 5.92 Å². The topological polar surface area (TPSA) is 86.8 Å². The van der Waals surface area contributed by atoms with Crippen molar-refractivity contribution in [3.63, 3.8) is 0 Å². The molecule has 10 heteroatoms. The molecule has 3 rings (SSSR count). The molecule has 0 aromatic heterocycles. The molecule has 0 spiro atoms. The van der Waals surface area contributed by atoms with Crippen molar-refractivity contribution >= 4 is 50.7 Å². The van der Waals surface area contributed by atoms with Gasteiger partial charge in [0, 0.05) is 18.1 Å². The van der Waals surface area contributed by atoms with Crippen molar-refractivity contribution in [3.8, 4) is 0 Å². The van der Waals surface area contributed by atoms with Gasteiger partial charge >= 0.3 is 0 Å². The van der Waals surface area contributed by atoms with Crippen LogP contribution >= 0.6 is 23.2 Å². The van der Waals surface area contributed by atoms with Crippen LogP contribution in [0, 0.1) is 12.8 Å². The lowest BCUT2D eigenvalue weighted by molar-refractivity contribution is -0.139. The largest absolute Gasteiger partial charge is 0.354 e. The van der Waals surface area contributed by atoms with Gasteiger partial charge in [-0.05, 0) is 61.2 Å². The van der Waals surface area contributed by atoms with Gasteiger partial charge in [-0.3, -0.25) is 13.9 Å². The first kappa shape index (κ1) is 30.5. The van der Waals surface area contributed by atoms with Gasteiger partial charge in [0.25, 0.3) is 10.0 Å². The number of anilines is 1. The Hall–Kier alpha value is -3.07. The van der Waals surface area contributed by atoms with E-state index >= 15 is 0 Å².